The van der Waals surface area contributed by atoms with Crippen molar-refractivity contribution in [1.82, 2.24) is 14.9 Å². The van der Waals surface area contributed by atoms with Gasteiger partial charge in [0.1, 0.15) is 11.4 Å². The lowest BCUT2D eigenvalue weighted by atomic mass is 10.0. The molecule has 0 saturated carbocycles. The first-order valence-corrected chi connectivity index (χ1v) is 13.8. The van der Waals surface area contributed by atoms with E-state index in [1.54, 1.807) is 29.2 Å². The summed E-state index contributed by atoms with van der Waals surface area (Å²) in [6, 6.07) is 12.8. The van der Waals surface area contributed by atoms with Crippen LogP contribution >= 0.6 is 0 Å². The summed E-state index contributed by atoms with van der Waals surface area (Å²) in [6.45, 7) is 10.4. The zero-order valence-corrected chi connectivity index (χ0v) is 24.5. The van der Waals surface area contributed by atoms with Gasteiger partial charge >= 0.3 is 12.1 Å². The van der Waals surface area contributed by atoms with Crippen LogP contribution in [0.4, 0.5) is 16.4 Å². The van der Waals surface area contributed by atoms with Gasteiger partial charge in [0.05, 0.1) is 17.3 Å². The molecule has 218 valence electrons. The number of carboxylic acid groups (broad SMARTS) is 1. The summed E-state index contributed by atoms with van der Waals surface area (Å²) in [5.41, 5.74) is 4.62. The van der Waals surface area contributed by atoms with E-state index in [4.69, 9.17) is 29.8 Å². The molecule has 1 aromatic heterocycles. The third-order valence-electron chi connectivity index (χ3n) is 7.15. The zero-order chi connectivity index (χ0) is 30.4. The highest BCUT2D eigenvalue weighted by atomic mass is 16.6. The molecule has 10 nitrogen and oxygen atoms in total. The number of nitriles is 1. The number of nitrogens with one attached hydrogen (secondary N) is 1. The third-order valence-corrected chi connectivity index (χ3v) is 7.15. The maximum absolute atomic E-state index is 13.0. The van der Waals surface area contributed by atoms with E-state index >= 15 is 0 Å². The van der Waals surface area contributed by atoms with Gasteiger partial charge in [-0.25, -0.2) is 14.6 Å². The lowest BCUT2D eigenvalue weighted by molar-refractivity contribution is -0.131. The molecule has 0 spiro atoms. The number of hydrogen-bond acceptors (Lipinski definition) is 8. The summed E-state index contributed by atoms with van der Waals surface area (Å²) in [5.74, 6) is 0.291. The molecule has 1 aliphatic rings. The smallest absolute Gasteiger partial charge is 0.410 e. The molecule has 0 bridgehead atoms. The molecule has 1 amide bonds. The van der Waals surface area contributed by atoms with Crippen LogP contribution in [0.3, 0.4) is 0 Å². The predicted molar refractivity (Wildman–Crippen MR) is 159 cm³/mol. The number of amides is 1. The second-order valence-electron chi connectivity index (χ2n) is 10.8. The molecule has 10 heteroatoms. The maximum atomic E-state index is 13.0. The fourth-order valence-corrected chi connectivity index (χ4v) is 4.52. The van der Waals surface area contributed by atoms with Gasteiger partial charge in [0, 0.05) is 36.8 Å². The average Bonchev–Trinajstić information content (AvgIpc) is 3.17. The zero-order valence-electron chi connectivity index (χ0n) is 24.5. The monoisotopic (exact) mass is 569 g/mol. The van der Waals surface area contributed by atoms with E-state index in [0.29, 0.717) is 61.2 Å². The number of rotatable bonds is 8. The van der Waals surface area contributed by atoms with E-state index in [-0.39, 0.29) is 6.09 Å². The second-order valence-corrected chi connectivity index (χ2v) is 10.8. The predicted octanol–water partition coefficient (Wildman–Crippen LogP) is 6.32. The molecule has 42 heavy (non-hydrogen) atoms. The molecule has 4 rings (SSSR count). The molecule has 0 radical (unpaired) electrons. The maximum Gasteiger partial charge on any atom is 0.410 e. The van der Waals surface area contributed by atoms with Crippen molar-refractivity contribution >= 4 is 29.8 Å². The van der Waals surface area contributed by atoms with E-state index in [9.17, 15) is 9.59 Å². The average molecular weight is 570 g/mol. The fourth-order valence-electron chi connectivity index (χ4n) is 4.52. The number of aryl methyl sites for hydroxylation is 2. The summed E-state index contributed by atoms with van der Waals surface area (Å²) >= 11 is 0. The molecule has 0 aliphatic carbocycles. The topological polar surface area (TPSA) is 138 Å². The Kier molecular flexibility index (Phi) is 9.11. The highest BCUT2D eigenvalue weighted by Gasteiger charge is 2.28. The summed E-state index contributed by atoms with van der Waals surface area (Å²) in [6.07, 6.45) is 3.92. The van der Waals surface area contributed by atoms with Crippen LogP contribution in [0.1, 0.15) is 60.7 Å². The van der Waals surface area contributed by atoms with Gasteiger partial charge < -0.3 is 24.8 Å². The largest absolute Gasteiger partial charge is 0.478 e. The minimum absolute atomic E-state index is 0.327. The first kappa shape index (κ1) is 30.1. The Morgan fingerprint density at radius 1 is 1.12 bits per heavy atom. The van der Waals surface area contributed by atoms with Crippen molar-refractivity contribution in [1.29, 1.82) is 5.26 Å². The number of nitrogens with zero attached hydrogens (tertiary/aromatic N) is 4. The number of ether oxygens (including phenoxy) is 2. The van der Waals surface area contributed by atoms with Crippen molar-refractivity contribution in [2.45, 2.75) is 59.5 Å². The van der Waals surface area contributed by atoms with Gasteiger partial charge in [-0.3, -0.25) is 0 Å². The van der Waals surface area contributed by atoms with Crippen LogP contribution in [0.25, 0.3) is 6.08 Å². The highest BCUT2D eigenvalue weighted by Crippen LogP contribution is 2.34. The van der Waals surface area contributed by atoms with Crippen molar-refractivity contribution in [2.75, 3.05) is 18.4 Å². The minimum Gasteiger partial charge on any atom is -0.478 e. The number of hydrogen-bond donors (Lipinski definition) is 2. The van der Waals surface area contributed by atoms with Crippen molar-refractivity contribution in [2.24, 2.45) is 0 Å². The number of carbonyl (C=O) groups is 2. The second kappa shape index (κ2) is 12.7. The minimum atomic E-state index is -1.02. The Morgan fingerprint density at radius 3 is 2.40 bits per heavy atom. The van der Waals surface area contributed by atoms with Crippen LogP contribution in [0.15, 0.2) is 42.5 Å². The summed E-state index contributed by atoms with van der Waals surface area (Å²) in [5, 5.41) is 21.3. The van der Waals surface area contributed by atoms with Gasteiger partial charge in [-0.1, -0.05) is 6.92 Å². The molecule has 0 fully saturated rings. The Labute approximate surface area is 245 Å². The fraction of sp³-hybridized carbons (Fsp3) is 0.344. The standard InChI is InChI=1S/C32H35N5O5/c1-6-32(4,5)42-31(40)37-15-13-25-26(14-16-37)35-30(34-24-10-7-22(19-33)8-11-24)36-29(25)41-28-20(2)17-23(18-21(28)3)9-12-27(38)39/h7-12,17-18H,6,13-16H2,1-5H3,(H,38,39)(H,34,35,36)/b12-9+. The number of fused-ring (bicyclic) bond motifs is 1. The lowest BCUT2D eigenvalue weighted by Crippen LogP contribution is -2.39. The van der Waals surface area contributed by atoms with E-state index in [0.717, 1.165) is 34.0 Å². The number of benzene rings is 2. The quantitative estimate of drug-likeness (QED) is 0.298. The summed E-state index contributed by atoms with van der Waals surface area (Å²) in [7, 11) is 0. The van der Waals surface area contributed by atoms with Crippen molar-refractivity contribution in [3.63, 3.8) is 0 Å². The van der Waals surface area contributed by atoms with Crippen molar-refractivity contribution < 1.29 is 24.2 Å². The van der Waals surface area contributed by atoms with Crippen molar-refractivity contribution in [3.05, 3.63) is 76.0 Å². The number of aromatic nitrogens is 2. The molecular weight excluding hydrogens is 534 g/mol. The number of anilines is 2. The summed E-state index contributed by atoms with van der Waals surface area (Å²) < 4.78 is 12.2. The first-order valence-electron chi connectivity index (χ1n) is 13.8. The number of carbonyl (C=O) groups excluding carboxylic acids is 1. The van der Waals surface area contributed by atoms with Gasteiger partial charge in [-0.05, 0) is 99.7 Å². The van der Waals surface area contributed by atoms with Crippen LogP contribution < -0.4 is 10.1 Å². The van der Waals surface area contributed by atoms with E-state index in [2.05, 4.69) is 11.4 Å². The van der Waals surface area contributed by atoms with Gasteiger partial charge in [-0.15, -0.1) is 0 Å². The number of aliphatic carboxylic acids is 1. The van der Waals surface area contributed by atoms with Gasteiger partial charge in [0.25, 0.3) is 0 Å². The van der Waals surface area contributed by atoms with Crippen LogP contribution in [0.5, 0.6) is 11.6 Å². The third kappa shape index (κ3) is 7.43. The Bertz CT molecular complexity index is 1530. The van der Waals surface area contributed by atoms with Crippen LogP contribution in [0, 0.1) is 25.2 Å². The molecule has 2 heterocycles. The molecule has 3 aromatic rings. The molecule has 0 atom stereocenters. The SMILES string of the molecule is CCC(C)(C)OC(=O)N1CCc2nc(Nc3ccc(C#N)cc3)nc(Oc3c(C)cc(/C=C/C(=O)O)cc3C)c2CC1. The molecule has 0 unspecified atom stereocenters. The molecule has 1 aliphatic heterocycles. The van der Waals surface area contributed by atoms with E-state index < -0.39 is 11.6 Å². The lowest BCUT2D eigenvalue weighted by Gasteiger charge is -2.28. The first-order chi connectivity index (χ1) is 20.0. The normalized spacial score (nSPS) is 13.2. The highest BCUT2D eigenvalue weighted by molar-refractivity contribution is 5.85. The Balaban J connectivity index is 1.69. The van der Waals surface area contributed by atoms with Gasteiger partial charge in [0.15, 0.2) is 0 Å². The molecule has 0 saturated heterocycles. The van der Waals surface area contributed by atoms with Crippen LogP contribution in [-0.2, 0) is 22.4 Å². The van der Waals surface area contributed by atoms with Crippen LogP contribution in [0.2, 0.25) is 0 Å². The summed E-state index contributed by atoms with van der Waals surface area (Å²) in [4.78, 5) is 35.2. The van der Waals surface area contributed by atoms with E-state index in [1.807, 2.05) is 46.8 Å². The van der Waals surface area contributed by atoms with Gasteiger partial charge in [-0.2, -0.15) is 10.2 Å². The van der Waals surface area contributed by atoms with Crippen molar-refractivity contribution in [3.8, 4) is 17.7 Å². The molecular formula is C32H35N5O5. The molecule has 2 aromatic carbocycles. The van der Waals surface area contributed by atoms with E-state index in [1.165, 1.54) is 6.08 Å². The Morgan fingerprint density at radius 2 is 1.79 bits per heavy atom. The number of carboxylic acids is 1. The Hall–Kier alpha value is -4.91. The molecule has 2 N–H and O–H groups in total. The van der Waals surface area contributed by atoms with Gasteiger partial charge in [0.2, 0.25) is 11.8 Å². The van der Waals surface area contributed by atoms with Crippen LogP contribution in [-0.4, -0.2) is 50.7 Å².